The van der Waals surface area contributed by atoms with Crippen molar-refractivity contribution in [1.82, 2.24) is 9.78 Å². The predicted octanol–water partition coefficient (Wildman–Crippen LogP) is 3.55. The summed E-state index contributed by atoms with van der Waals surface area (Å²) >= 11 is 4.17. The lowest BCUT2D eigenvalue weighted by Gasteiger charge is -2.20. The van der Waals surface area contributed by atoms with Crippen LogP contribution in [0.15, 0.2) is 47.0 Å². The number of anilines is 1. The molecule has 5 N–H and O–H groups in total. The number of primary amides is 1. The summed E-state index contributed by atoms with van der Waals surface area (Å²) in [4.78, 5) is 24.8. The smallest absolute Gasteiger partial charge is 0.269 e. The number of hydrogen-bond donors (Lipinski definition) is 4. The largest absolute Gasteiger partial charge is 0.454 e. The number of aryl methyl sites for hydroxylation is 1. The number of rotatable bonds is 4. The van der Waals surface area contributed by atoms with Crippen LogP contribution in [0.25, 0.3) is 16.9 Å². The first-order valence-electron chi connectivity index (χ1n) is 11.2. The molecule has 2 aromatic carbocycles. The minimum absolute atomic E-state index is 0.148. The fourth-order valence-electron chi connectivity index (χ4n) is 4.09. The number of ether oxygens (including phenoxy) is 2. The van der Waals surface area contributed by atoms with Gasteiger partial charge in [-0.25, -0.2) is 4.68 Å². The van der Waals surface area contributed by atoms with E-state index in [2.05, 4.69) is 23.0 Å². The van der Waals surface area contributed by atoms with Crippen molar-refractivity contribution in [3.05, 3.63) is 63.8 Å². The first-order valence-corrected chi connectivity index (χ1v) is 11.7. The number of allylic oxidation sites excluding steroid dienone is 1. The summed E-state index contributed by atoms with van der Waals surface area (Å²) in [5.74, 6) is 0.240. The second kappa shape index (κ2) is 9.75. The van der Waals surface area contributed by atoms with Crippen molar-refractivity contribution in [3.8, 4) is 28.4 Å². The molecule has 0 atom stereocenters. The van der Waals surface area contributed by atoms with Gasteiger partial charge in [0.1, 0.15) is 0 Å². The molecule has 2 amide bonds. The highest BCUT2D eigenvalue weighted by Crippen LogP contribution is 2.40. The van der Waals surface area contributed by atoms with Gasteiger partial charge < -0.3 is 26.3 Å². The van der Waals surface area contributed by atoms with Crippen molar-refractivity contribution >= 4 is 30.1 Å². The van der Waals surface area contributed by atoms with Gasteiger partial charge in [-0.15, -0.1) is 12.6 Å². The van der Waals surface area contributed by atoms with Gasteiger partial charge in [0.15, 0.2) is 17.2 Å². The fourth-order valence-corrected chi connectivity index (χ4v) is 4.14. The second-order valence-corrected chi connectivity index (χ2v) is 8.29. The normalized spacial score (nSPS) is 13.6. The van der Waals surface area contributed by atoms with Crippen LogP contribution >= 0.6 is 12.6 Å². The Morgan fingerprint density at radius 3 is 2.51 bits per heavy atom. The third-order valence-electron chi connectivity index (χ3n) is 5.67. The van der Waals surface area contributed by atoms with Crippen molar-refractivity contribution in [2.75, 3.05) is 12.1 Å². The number of carbonyl (C=O) groups excluding carboxylic acids is 2. The van der Waals surface area contributed by atoms with Gasteiger partial charge in [0, 0.05) is 28.6 Å². The molecular weight excluding hydrogens is 466 g/mol. The summed E-state index contributed by atoms with van der Waals surface area (Å²) in [7, 11) is 0. The summed E-state index contributed by atoms with van der Waals surface area (Å²) in [5, 5.41) is 7.37. The van der Waals surface area contributed by atoms with Crippen LogP contribution in [0.4, 0.5) is 5.69 Å². The van der Waals surface area contributed by atoms with E-state index in [-0.39, 0.29) is 17.4 Å². The number of hydrogen-bond acceptors (Lipinski definition) is 7. The molecule has 0 unspecified atom stereocenters. The number of nitrogens with two attached hydrogens (primary N) is 2. The van der Waals surface area contributed by atoms with E-state index < -0.39 is 11.8 Å². The molecule has 1 aliphatic heterocycles. The Kier molecular flexibility index (Phi) is 6.74. The molecule has 9 nitrogen and oxygen atoms in total. The van der Waals surface area contributed by atoms with E-state index >= 15 is 0 Å². The zero-order chi connectivity index (χ0) is 25.3. The maximum Gasteiger partial charge on any atom is 0.269 e. The van der Waals surface area contributed by atoms with E-state index in [4.69, 9.17) is 20.9 Å². The molecule has 0 saturated carbocycles. The number of amides is 2. The van der Waals surface area contributed by atoms with Gasteiger partial charge in [0.05, 0.1) is 16.3 Å². The molecule has 182 valence electrons. The lowest BCUT2D eigenvalue weighted by atomic mass is 9.88. The number of nitrogens with zero attached hydrogens (tertiary/aromatic N) is 2. The molecule has 2 aliphatic rings. The molecule has 3 aromatic rings. The first kappa shape index (κ1) is 24.2. The Balaban J connectivity index is 0.00000141. The van der Waals surface area contributed by atoms with Crippen LogP contribution < -0.4 is 26.3 Å². The van der Waals surface area contributed by atoms with Crippen LogP contribution in [0.2, 0.25) is 0 Å². The average molecular weight is 494 g/mol. The van der Waals surface area contributed by atoms with Crippen LogP contribution in [0.3, 0.4) is 0 Å². The molecule has 0 saturated heterocycles. The maximum absolute atomic E-state index is 12.4. The zero-order valence-electron chi connectivity index (χ0n) is 19.7. The number of aromatic nitrogens is 2. The van der Waals surface area contributed by atoms with E-state index in [0.717, 1.165) is 22.4 Å². The van der Waals surface area contributed by atoms with Crippen molar-refractivity contribution in [2.45, 2.75) is 33.6 Å². The van der Waals surface area contributed by atoms with Crippen LogP contribution in [-0.2, 0) is 17.6 Å². The minimum atomic E-state index is -0.595. The fraction of sp³-hybridized carbons (Fsp3) is 0.240. The monoisotopic (exact) mass is 493 g/mol. The predicted molar refractivity (Wildman–Crippen MR) is 137 cm³/mol. The molecule has 0 bridgehead atoms. The third-order valence-corrected chi connectivity index (χ3v) is 6.23. The van der Waals surface area contributed by atoms with Crippen molar-refractivity contribution < 1.29 is 19.1 Å². The van der Waals surface area contributed by atoms with Crippen molar-refractivity contribution in [3.63, 3.8) is 0 Å². The maximum atomic E-state index is 12.4. The Morgan fingerprint density at radius 1 is 1.06 bits per heavy atom. The summed E-state index contributed by atoms with van der Waals surface area (Å²) in [6, 6.07) is 11.1. The number of thiol groups is 1. The van der Waals surface area contributed by atoms with Gasteiger partial charge in [-0.2, -0.15) is 5.10 Å². The molecule has 10 heteroatoms. The molecule has 35 heavy (non-hydrogen) atoms. The number of fused-ring (bicyclic) bond motifs is 4. The average Bonchev–Trinajstić information content (AvgIpc) is 3.49. The quantitative estimate of drug-likeness (QED) is 0.324. The molecule has 0 fully saturated rings. The van der Waals surface area contributed by atoms with Gasteiger partial charge >= 0.3 is 0 Å². The highest BCUT2D eigenvalue weighted by atomic mass is 32.1. The second-order valence-electron chi connectivity index (χ2n) is 7.85. The summed E-state index contributed by atoms with van der Waals surface area (Å²) in [6.07, 6.45) is 1.33. The van der Waals surface area contributed by atoms with Crippen LogP contribution in [0.1, 0.15) is 42.4 Å². The van der Waals surface area contributed by atoms with Gasteiger partial charge in [0.25, 0.3) is 11.8 Å². The highest BCUT2D eigenvalue weighted by Gasteiger charge is 2.29. The molecule has 5 rings (SSSR count). The van der Waals surface area contributed by atoms with Crippen LogP contribution in [0, 0.1) is 0 Å². The van der Waals surface area contributed by atoms with Crippen molar-refractivity contribution in [2.24, 2.45) is 11.5 Å². The molecular formula is C25H27N5O4S. The minimum Gasteiger partial charge on any atom is -0.454 e. The summed E-state index contributed by atoms with van der Waals surface area (Å²) < 4.78 is 12.6. The summed E-state index contributed by atoms with van der Waals surface area (Å²) in [6.45, 7) is 5.76. The highest BCUT2D eigenvalue weighted by molar-refractivity contribution is 7.85. The van der Waals surface area contributed by atoms with Gasteiger partial charge in [-0.1, -0.05) is 19.9 Å². The lowest BCUT2D eigenvalue weighted by Crippen LogP contribution is -2.16. The Morgan fingerprint density at radius 2 is 1.80 bits per heavy atom. The zero-order valence-corrected chi connectivity index (χ0v) is 20.6. The molecule has 0 radical (unpaired) electrons. The molecule has 0 spiro atoms. The van der Waals surface area contributed by atoms with Gasteiger partial charge in [0.2, 0.25) is 6.79 Å². The number of carbonyl (C=O) groups is 2. The first-order chi connectivity index (χ1) is 16.8. The molecule has 2 heterocycles. The van der Waals surface area contributed by atoms with E-state index in [9.17, 15) is 9.59 Å². The van der Waals surface area contributed by atoms with E-state index in [1.54, 1.807) is 17.7 Å². The van der Waals surface area contributed by atoms with E-state index in [1.807, 2.05) is 44.2 Å². The van der Waals surface area contributed by atoms with Crippen LogP contribution in [0.5, 0.6) is 11.5 Å². The van der Waals surface area contributed by atoms with Crippen LogP contribution in [-0.4, -0.2) is 28.4 Å². The molecule has 1 aromatic heterocycles. The number of benzene rings is 2. The Hall–Kier alpha value is -3.92. The van der Waals surface area contributed by atoms with Crippen molar-refractivity contribution in [1.29, 1.82) is 0 Å². The van der Waals surface area contributed by atoms with E-state index in [1.165, 1.54) is 0 Å². The summed E-state index contributed by atoms with van der Waals surface area (Å²) in [5.41, 5.74) is 16.6. The van der Waals surface area contributed by atoms with Gasteiger partial charge in [-0.3, -0.25) is 9.59 Å². The standard InChI is InChI=1S/C23H21N5O4S.C2H6/c1-11(24)21(33)23(30)26-13-4-2-12-3-6-15-19(22(25)29)27-28(20(15)16(12)8-13)14-5-7-17-18(9-14)32-10-31-17;1-2/h2,4-5,7-9,33H,3,6,10,24H2,1H3,(H2,25,29)(H,26,30);1-2H3/b21-11-;. The third kappa shape index (κ3) is 4.44. The van der Waals surface area contributed by atoms with Gasteiger partial charge in [-0.05, 0) is 49.6 Å². The Bertz CT molecular complexity index is 1360. The SMILES string of the molecule is C/C(N)=C(/S)C(=O)Nc1ccc2c(c1)-c1c(c(C(N)=O)nn1-c1ccc3c(c1)OCO3)CC2.CC. The number of nitrogens with one attached hydrogen (secondary N) is 1. The molecule has 1 aliphatic carbocycles. The topological polar surface area (TPSA) is 134 Å². The van der Waals surface area contributed by atoms with E-state index in [0.29, 0.717) is 41.4 Å². The Labute approximate surface area is 208 Å². The lowest BCUT2D eigenvalue weighted by molar-refractivity contribution is -0.112.